The van der Waals surface area contributed by atoms with E-state index in [2.05, 4.69) is 19.2 Å². The number of hydrogen-bond donors (Lipinski definition) is 1. The molecule has 1 atom stereocenters. The van der Waals surface area contributed by atoms with Gasteiger partial charge in [0.2, 0.25) is 5.91 Å². The highest BCUT2D eigenvalue weighted by Gasteiger charge is 2.28. The van der Waals surface area contributed by atoms with Crippen LogP contribution in [0.4, 0.5) is 5.69 Å². The van der Waals surface area contributed by atoms with E-state index >= 15 is 0 Å². The number of hydrogen-bond acceptors (Lipinski definition) is 3. The van der Waals surface area contributed by atoms with Gasteiger partial charge in [-0.2, -0.15) is 0 Å². The topological polar surface area (TPSA) is 66.5 Å². The van der Waals surface area contributed by atoms with Crippen LogP contribution in [0.2, 0.25) is 0 Å². The molecule has 1 unspecified atom stereocenters. The highest BCUT2D eigenvalue weighted by molar-refractivity contribution is 7.92. The Kier molecular flexibility index (Phi) is 7.70. The van der Waals surface area contributed by atoms with E-state index < -0.39 is 10.0 Å². The second-order valence-electron chi connectivity index (χ2n) is 8.32. The van der Waals surface area contributed by atoms with Crippen LogP contribution in [0.15, 0.2) is 89.8 Å². The van der Waals surface area contributed by atoms with Gasteiger partial charge in [0.15, 0.2) is 0 Å². The van der Waals surface area contributed by atoms with Gasteiger partial charge in [-0.3, -0.25) is 9.10 Å². The molecule has 0 aliphatic heterocycles. The second kappa shape index (κ2) is 10.5. The Balaban J connectivity index is 1.90. The molecule has 0 fully saturated rings. The fraction of sp³-hybridized carbons (Fsp3) is 0.269. The molecule has 3 aromatic carbocycles. The van der Waals surface area contributed by atoms with Gasteiger partial charge >= 0.3 is 0 Å². The van der Waals surface area contributed by atoms with Gasteiger partial charge in [0.25, 0.3) is 10.0 Å². The molecule has 3 aromatic rings. The molecule has 0 heterocycles. The molecule has 6 heteroatoms. The first kappa shape index (κ1) is 23.5. The fourth-order valence-electron chi connectivity index (χ4n) is 3.55. The molecule has 5 nitrogen and oxygen atoms in total. The van der Waals surface area contributed by atoms with Crippen molar-refractivity contribution in [3.8, 4) is 0 Å². The molecular weight excluding hydrogens is 420 g/mol. The van der Waals surface area contributed by atoms with Crippen LogP contribution in [0.5, 0.6) is 0 Å². The lowest BCUT2D eigenvalue weighted by Crippen LogP contribution is -2.42. The van der Waals surface area contributed by atoms with Gasteiger partial charge in [-0.1, -0.05) is 80.1 Å². The number of rotatable bonds is 9. The predicted molar refractivity (Wildman–Crippen MR) is 129 cm³/mol. The van der Waals surface area contributed by atoms with E-state index in [1.165, 1.54) is 4.31 Å². The molecule has 0 aliphatic carbocycles. The third kappa shape index (κ3) is 5.98. The summed E-state index contributed by atoms with van der Waals surface area (Å²) in [5.41, 5.74) is 2.47. The van der Waals surface area contributed by atoms with Gasteiger partial charge in [0, 0.05) is 0 Å². The highest BCUT2D eigenvalue weighted by Crippen LogP contribution is 2.25. The largest absolute Gasteiger partial charge is 0.348 e. The van der Waals surface area contributed by atoms with Crippen molar-refractivity contribution in [2.75, 3.05) is 10.8 Å². The monoisotopic (exact) mass is 450 g/mol. The average Bonchev–Trinajstić information content (AvgIpc) is 2.78. The van der Waals surface area contributed by atoms with Crippen molar-refractivity contribution in [3.05, 3.63) is 96.1 Å². The molecule has 0 saturated heterocycles. The van der Waals surface area contributed by atoms with E-state index in [0.29, 0.717) is 11.6 Å². The summed E-state index contributed by atoms with van der Waals surface area (Å²) >= 11 is 0. The summed E-state index contributed by atoms with van der Waals surface area (Å²) in [4.78, 5) is 13.3. The minimum atomic E-state index is -3.91. The van der Waals surface area contributed by atoms with Gasteiger partial charge in [-0.25, -0.2) is 8.42 Å². The zero-order valence-corrected chi connectivity index (χ0v) is 19.5. The van der Waals surface area contributed by atoms with Crippen molar-refractivity contribution < 1.29 is 13.2 Å². The number of anilines is 1. The molecular formula is C26H30N2O3S. The minimum Gasteiger partial charge on any atom is -0.348 e. The van der Waals surface area contributed by atoms with Crippen LogP contribution in [0, 0.1) is 12.8 Å². The van der Waals surface area contributed by atoms with Crippen LogP contribution in [0.25, 0.3) is 0 Å². The normalized spacial score (nSPS) is 12.4. The molecule has 0 spiro atoms. The number of nitrogens with zero attached hydrogens (tertiary/aromatic N) is 1. The summed E-state index contributed by atoms with van der Waals surface area (Å²) in [6.07, 6.45) is 0.756. The SMILES string of the molecule is Cc1ccc(N(CC(=O)NC(CC(C)C)c2ccccc2)S(=O)(=O)c2ccccc2)cc1. The first-order valence-electron chi connectivity index (χ1n) is 10.8. The number of sulfonamides is 1. The number of nitrogens with one attached hydrogen (secondary N) is 1. The van der Waals surface area contributed by atoms with Crippen molar-refractivity contribution in [3.63, 3.8) is 0 Å². The summed E-state index contributed by atoms with van der Waals surface area (Å²) in [6.45, 7) is 5.83. The third-order valence-corrected chi connectivity index (χ3v) is 6.97. The van der Waals surface area contributed by atoms with Crippen LogP contribution in [-0.2, 0) is 14.8 Å². The smallest absolute Gasteiger partial charge is 0.264 e. The summed E-state index contributed by atoms with van der Waals surface area (Å²) in [5, 5.41) is 3.05. The number of carbonyl (C=O) groups excluding carboxylic acids is 1. The molecule has 0 radical (unpaired) electrons. The lowest BCUT2D eigenvalue weighted by molar-refractivity contribution is -0.120. The minimum absolute atomic E-state index is 0.148. The first-order chi connectivity index (χ1) is 15.3. The Hall–Kier alpha value is -3.12. The van der Waals surface area contributed by atoms with Crippen LogP contribution < -0.4 is 9.62 Å². The van der Waals surface area contributed by atoms with Gasteiger partial charge in [0.05, 0.1) is 16.6 Å². The number of benzene rings is 3. The van der Waals surface area contributed by atoms with E-state index in [9.17, 15) is 13.2 Å². The van der Waals surface area contributed by atoms with E-state index in [1.54, 1.807) is 42.5 Å². The standard InChI is InChI=1S/C26H30N2O3S/c1-20(2)18-25(22-10-6-4-7-11-22)27-26(29)19-28(23-16-14-21(3)15-17-23)32(30,31)24-12-8-5-9-13-24/h4-17,20,25H,18-19H2,1-3H3,(H,27,29). The lowest BCUT2D eigenvalue weighted by Gasteiger charge is -2.26. The van der Waals surface area contributed by atoms with Gasteiger partial charge in [0.1, 0.15) is 6.54 Å². The Morgan fingerprint density at radius 3 is 2.00 bits per heavy atom. The fourth-order valence-corrected chi connectivity index (χ4v) is 4.99. The highest BCUT2D eigenvalue weighted by atomic mass is 32.2. The summed E-state index contributed by atoms with van der Waals surface area (Å²) in [5.74, 6) is 0.0151. The lowest BCUT2D eigenvalue weighted by atomic mass is 9.97. The van der Waals surface area contributed by atoms with Crippen LogP contribution >= 0.6 is 0 Å². The number of amides is 1. The molecule has 1 amide bonds. The van der Waals surface area contributed by atoms with E-state index in [0.717, 1.165) is 17.5 Å². The summed E-state index contributed by atoms with van der Waals surface area (Å²) in [7, 11) is -3.91. The van der Waals surface area contributed by atoms with E-state index in [-0.39, 0.29) is 23.4 Å². The molecule has 168 valence electrons. The second-order valence-corrected chi connectivity index (χ2v) is 10.2. The molecule has 0 bridgehead atoms. The van der Waals surface area contributed by atoms with Crippen molar-refractivity contribution in [1.29, 1.82) is 0 Å². The van der Waals surface area contributed by atoms with Gasteiger partial charge in [-0.05, 0) is 49.1 Å². The molecule has 0 saturated carbocycles. The average molecular weight is 451 g/mol. The molecule has 0 aromatic heterocycles. The Bertz CT molecular complexity index is 1110. The number of aryl methyl sites for hydroxylation is 1. The predicted octanol–water partition coefficient (Wildman–Crippen LogP) is 5.09. The van der Waals surface area contributed by atoms with Gasteiger partial charge in [-0.15, -0.1) is 0 Å². The zero-order valence-electron chi connectivity index (χ0n) is 18.7. The molecule has 32 heavy (non-hydrogen) atoms. The molecule has 3 rings (SSSR count). The van der Waals surface area contributed by atoms with Crippen LogP contribution in [-0.4, -0.2) is 20.9 Å². The van der Waals surface area contributed by atoms with Crippen molar-refractivity contribution in [2.24, 2.45) is 5.92 Å². The Morgan fingerprint density at radius 1 is 0.875 bits per heavy atom. The maximum Gasteiger partial charge on any atom is 0.264 e. The molecule has 1 N–H and O–H groups in total. The van der Waals surface area contributed by atoms with Crippen molar-refractivity contribution in [1.82, 2.24) is 5.32 Å². The van der Waals surface area contributed by atoms with E-state index in [4.69, 9.17) is 0 Å². The summed E-state index contributed by atoms with van der Waals surface area (Å²) < 4.78 is 28.0. The number of carbonyl (C=O) groups is 1. The van der Waals surface area contributed by atoms with Crippen LogP contribution in [0.3, 0.4) is 0 Å². The maximum absolute atomic E-state index is 13.4. The van der Waals surface area contributed by atoms with Crippen molar-refractivity contribution in [2.45, 2.75) is 38.1 Å². The maximum atomic E-state index is 13.4. The van der Waals surface area contributed by atoms with Gasteiger partial charge < -0.3 is 5.32 Å². The first-order valence-corrected chi connectivity index (χ1v) is 12.2. The quantitative estimate of drug-likeness (QED) is 0.494. The third-order valence-electron chi connectivity index (χ3n) is 5.18. The van der Waals surface area contributed by atoms with E-state index in [1.807, 2.05) is 49.4 Å². The Labute approximate surface area is 191 Å². The summed E-state index contributed by atoms with van der Waals surface area (Å²) in [6, 6.07) is 24.9. The van der Waals surface area contributed by atoms with Crippen LogP contribution in [0.1, 0.15) is 37.4 Å². The molecule has 0 aliphatic rings. The van der Waals surface area contributed by atoms with Crippen molar-refractivity contribution >= 4 is 21.6 Å². The Morgan fingerprint density at radius 2 is 1.44 bits per heavy atom. The zero-order chi connectivity index (χ0) is 23.1.